The van der Waals surface area contributed by atoms with Crippen LogP contribution in [-0.2, 0) is 6.42 Å². The molecule has 0 bridgehead atoms. The van der Waals surface area contributed by atoms with Crippen LogP contribution in [0.1, 0.15) is 5.56 Å². The summed E-state index contributed by atoms with van der Waals surface area (Å²) in [6.45, 7) is 0.147. The molecule has 0 amide bonds. The second-order valence-electron chi connectivity index (χ2n) is 4.23. The third-order valence-corrected chi connectivity index (χ3v) is 3.04. The molecule has 0 unspecified atom stereocenters. The Morgan fingerprint density at radius 2 is 2.12 bits per heavy atom. The first-order valence-corrected chi connectivity index (χ1v) is 5.25. The van der Waals surface area contributed by atoms with Crippen LogP contribution < -0.4 is 9.47 Å². The highest BCUT2D eigenvalue weighted by Gasteiger charge is 2.36. The van der Waals surface area contributed by atoms with E-state index in [1.54, 1.807) is 7.11 Å². The van der Waals surface area contributed by atoms with Crippen molar-refractivity contribution in [2.45, 2.75) is 6.42 Å². The lowest BCUT2D eigenvalue weighted by Gasteiger charge is -2.35. The molecule has 0 spiro atoms. The molecule has 0 atom stereocenters. The number of methoxy groups -OCH3 is 1. The lowest BCUT2D eigenvalue weighted by molar-refractivity contribution is 0.00221. The Balaban J connectivity index is 2.34. The van der Waals surface area contributed by atoms with Gasteiger partial charge < -0.3 is 19.7 Å². The molecule has 1 heterocycles. The zero-order valence-corrected chi connectivity index (χ0v) is 9.27. The monoisotopic (exact) mass is 224 g/mol. The van der Waals surface area contributed by atoms with E-state index in [9.17, 15) is 10.2 Å². The zero-order chi connectivity index (χ0) is 11.6. The fourth-order valence-electron chi connectivity index (χ4n) is 1.96. The predicted octanol–water partition coefficient (Wildman–Crippen LogP) is 0.601. The molecule has 2 rings (SSSR count). The van der Waals surface area contributed by atoms with Crippen LogP contribution in [0.25, 0.3) is 0 Å². The lowest BCUT2D eigenvalue weighted by Crippen LogP contribution is -2.41. The maximum absolute atomic E-state index is 9.32. The average Bonchev–Trinajstić information content (AvgIpc) is 2.37. The number of benzene rings is 1. The van der Waals surface area contributed by atoms with Crippen LogP contribution in [-0.4, -0.2) is 37.1 Å². The molecule has 0 aliphatic carbocycles. The third-order valence-electron chi connectivity index (χ3n) is 3.04. The van der Waals surface area contributed by atoms with Crippen LogP contribution in [0, 0.1) is 5.41 Å². The second-order valence-corrected chi connectivity index (χ2v) is 4.23. The molecule has 0 fully saturated rings. The minimum absolute atomic E-state index is 0.0832. The van der Waals surface area contributed by atoms with Gasteiger partial charge in [-0.1, -0.05) is 12.1 Å². The Hall–Kier alpha value is -1.26. The highest BCUT2D eigenvalue weighted by atomic mass is 16.5. The molecule has 1 aliphatic heterocycles. The van der Waals surface area contributed by atoms with E-state index in [1.165, 1.54) is 0 Å². The molecule has 0 aromatic heterocycles. The largest absolute Gasteiger partial charge is 0.493 e. The first-order valence-electron chi connectivity index (χ1n) is 5.25. The van der Waals surface area contributed by atoms with Crippen LogP contribution in [0.15, 0.2) is 18.2 Å². The molecule has 16 heavy (non-hydrogen) atoms. The van der Waals surface area contributed by atoms with Crippen molar-refractivity contribution < 1.29 is 19.7 Å². The normalized spacial score (nSPS) is 17.4. The fourth-order valence-corrected chi connectivity index (χ4v) is 1.96. The van der Waals surface area contributed by atoms with Gasteiger partial charge in [-0.2, -0.15) is 0 Å². The van der Waals surface area contributed by atoms with Crippen molar-refractivity contribution in [1.29, 1.82) is 0 Å². The molecule has 88 valence electrons. The summed E-state index contributed by atoms with van der Waals surface area (Å²) in [4.78, 5) is 0. The zero-order valence-electron chi connectivity index (χ0n) is 9.27. The van der Waals surface area contributed by atoms with E-state index < -0.39 is 5.41 Å². The summed E-state index contributed by atoms with van der Waals surface area (Å²) in [7, 11) is 1.60. The number of hydrogen-bond acceptors (Lipinski definition) is 4. The summed E-state index contributed by atoms with van der Waals surface area (Å²) < 4.78 is 10.8. The quantitative estimate of drug-likeness (QED) is 0.789. The van der Waals surface area contributed by atoms with E-state index >= 15 is 0 Å². The van der Waals surface area contributed by atoms with Gasteiger partial charge in [0, 0.05) is 0 Å². The summed E-state index contributed by atoms with van der Waals surface area (Å²) in [6, 6.07) is 5.65. The molecule has 0 radical (unpaired) electrons. The van der Waals surface area contributed by atoms with Crippen LogP contribution in [0.5, 0.6) is 11.5 Å². The molecule has 0 saturated heterocycles. The number of aliphatic hydroxyl groups excluding tert-OH is 2. The van der Waals surface area contributed by atoms with Crippen molar-refractivity contribution >= 4 is 0 Å². The Morgan fingerprint density at radius 1 is 1.38 bits per heavy atom. The van der Waals surface area contributed by atoms with Gasteiger partial charge in [0.1, 0.15) is 0 Å². The molecule has 1 aromatic rings. The van der Waals surface area contributed by atoms with Crippen molar-refractivity contribution in [2.24, 2.45) is 5.41 Å². The Labute approximate surface area is 94.4 Å². The van der Waals surface area contributed by atoms with Gasteiger partial charge in [0.15, 0.2) is 11.5 Å². The van der Waals surface area contributed by atoms with Crippen LogP contribution in [0.3, 0.4) is 0 Å². The molecule has 0 saturated carbocycles. The van der Waals surface area contributed by atoms with Gasteiger partial charge in [0.2, 0.25) is 0 Å². The first kappa shape index (κ1) is 11.2. The standard InChI is InChI=1S/C12H16O4/c1-15-10-4-2-3-9-5-12(6-13,7-14)8-16-11(9)10/h2-4,13-14H,5-8H2,1H3. The molecular formula is C12H16O4. The molecular weight excluding hydrogens is 208 g/mol. The van der Waals surface area contributed by atoms with Gasteiger partial charge in [0.05, 0.1) is 32.3 Å². The van der Waals surface area contributed by atoms with Crippen molar-refractivity contribution in [3.05, 3.63) is 23.8 Å². The number of ether oxygens (including phenoxy) is 2. The lowest BCUT2D eigenvalue weighted by atomic mass is 9.82. The van der Waals surface area contributed by atoms with E-state index in [4.69, 9.17) is 9.47 Å². The van der Waals surface area contributed by atoms with Crippen molar-refractivity contribution in [3.8, 4) is 11.5 Å². The van der Waals surface area contributed by atoms with E-state index in [1.807, 2.05) is 18.2 Å². The van der Waals surface area contributed by atoms with Gasteiger partial charge >= 0.3 is 0 Å². The highest BCUT2D eigenvalue weighted by Crippen LogP contribution is 2.39. The second kappa shape index (κ2) is 4.31. The predicted molar refractivity (Wildman–Crippen MR) is 58.8 cm³/mol. The van der Waals surface area contributed by atoms with Gasteiger partial charge in [0.25, 0.3) is 0 Å². The summed E-state index contributed by atoms with van der Waals surface area (Å²) in [6.07, 6.45) is 0.604. The van der Waals surface area contributed by atoms with E-state index in [0.29, 0.717) is 18.8 Å². The first-order chi connectivity index (χ1) is 7.74. The summed E-state index contributed by atoms with van der Waals surface area (Å²) >= 11 is 0. The Bertz CT molecular complexity index is 371. The third kappa shape index (κ3) is 1.74. The maximum atomic E-state index is 9.32. The smallest absolute Gasteiger partial charge is 0.164 e. The molecule has 1 aliphatic rings. The Kier molecular flexibility index (Phi) is 3.03. The van der Waals surface area contributed by atoms with Gasteiger partial charge in [-0.25, -0.2) is 0 Å². The summed E-state index contributed by atoms with van der Waals surface area (Å²) in [5, 5.41) is 18.6. The minimum atomic E-state index is -0.570. The average molecular weight is 224 g/mol. The number of para-hydroxylation sites is 1. The minimum Gasteiger partial charge on any atom is -0.493 e. The van der Waals surface area contributed by atoms with Crippen molar-refractivity contribution in [3.63, 3.8) is 0 Å². The topological polar surface area (TPSA) is 58.9 Å². The maximum Gasteiger partial charge on any atom is 0.164 e. The SMILES string of the molecule is COc1cccc2c1OCC(CO)(CO)C2. The summed E-state index contributed by atoms with van der Waals surface area (Å²) in [5.74, 6) is 1.42. The number of aliphatic hydroxyl groups is 2. The van der Waals surface area contributed by atoms with Crippen molar-refractivity contribution in [1.82, 2.24) is 0 Å². The number of rotatable bonds is 3. The van der Waals surface area contributed by atoms with E-state index in [0.717, 1.165) is 11.3 Å². The van der Waals surface area contributed by atoms with Crippen LogP contribution in [0.4, 0.5) is 0 Å². The number of fused-ring (bicyclic) bond motifs is 1. The van der Waals surface area contributed by atoms with Gasteiger partial charge in [-0.05, 0) is 18.1 Å². The highest BCUT2D eigenvalue weighted by molar-refractivity contribution is 5.48. The van der Waals surface area contributed by atoms with Gasteiger partial charge in [-0.15, -0.1) is 0 Å². The summed E-state index contributed by atoms with van der Waals surface area (Å²) in [5.41, 5.74) is 0.396. The van der Waals surface area contributed by atoms with Crippen LogP contribution in [0.2, 0.25) is 0 Å². The van der Waals surface area contributed by atoms with E-state index in [-0.39, 0.29) is 13.2 Å². The number of hydrogen-bond donors (Lipinski definition) is 2. The molecule has 4 nitrogen and oxygen atoms in total. The van der Waals surface area contributed by atoms with E-state index in [2.05, 4.69) is 0 Å². The fraction of sp³-hybridized carbons (Fsp3) is 0.500. The molecule has 4 heteroatoms. The molecule has 2 N–H and O–H groups in total. The molecule has 1 aromatic carbocycles. The van der Waals surface area contributed by atoms with Crippen molar-refractivity contribution in [2.75, 3.05) is 26.9 Å². The Morgan fingerprint density at radius 3 is 2.75 bits per heavy atom. The van der Waals surface area contributed by atoms with Gasteiger partial charge in [-0.3, -0.25) is 0 Å². The van der Waals surface area contributed by atoms with Crippen LogP contribution >= 0.6 is 0 Å².